The van der Waals surface area contributed by atoms with Crippen molar-refractivity contribution in [1.82, 2.24) is 0 Å². The van der Waals surface area contributed by atoms with E-state index in [4.69, 9.17) is 9.47 Å². The molecule has 0 spiro atoms. The second-order valence-corrected chi connectivity index (χ2v) is 5.90. The summed E-state index contributed by atoms with van der Waals surface area (Å²) in [5.74, 6) is 1.27. The van der Waals surface area contributed by atoms with E-state index in [-0.39, 0.29) is 18.2 Å². The molecule has 0 aliphatic carbocycles. The molecule has 112 valence electrons. The largest absolute Gasteiger partial charge is 0.497 e. The molecule has 0 saturated carbocycles. The van der Waals surface area contributed by atoms with E-state index < -0.39 is 0 Å². The van der Waals surface area contributed by atoms with Crippen molar-refractivity contribution in [1.29, 1.82) is 0 Å². The molecule has 1 saturated heterocycles. The minimum absolute atomic E-state index is 0.108. The Morgan fingerprint density at radius 3 is 2.95 bits per heavy atom. The lowest BCUT2D eigenvalue weighted by Crippen LogP contribution is -2.51. The van der Waals surface area contributed by atoms with Gasteiger partial charge in [0.25, 0.3) is 0 Å². The molecule has 4 heteroatoms. The molecule has 2 N–H and O–H groups in total. The molecule has 1 aliphatic rings. The number of rotatable bonds is 5. The van der Waals surface area contributed by atoms with E-state index in [2.05, 4.69) is 19.2 Å². The van der Waals surface area contributed by atoms with Crippen molar-refractivity contribution in [2.75, 3.05) is 25.6 Å². The number of hydrogen-bond acceptors (Lipinski definition) is 4. The second-order valence-electron chi connectivity index (χ2n) is 5.90. The van der Waals surface area contributed by atoms with E-state index in [9.17, 15) is 5.11 Å². The van der Waals surface area contributed by atoms with Crippen LogP contribution in [0.5, 0.6) is 5.75 Å². The van der Waals surface area contributed by atoms with Gasteiger partial charge in [-0.25, -0.2) is 0 Å². The van der Waals surface area contributed by atoms with Gasteiger partial charge in [0.2, 0.25) is 0 Å². The standard InChI is InChI=1S/C16H25NO3/c1-12(2)15-10-16(11-18,7-8-20-15)17-13-5-4-6-14(9-13)19-3/h4-6,9,12,15,17-18H,7-8,10-11H2,1-3H3. The Hall–Kier alpha value is -1.26. The quantitative estimate of drug-likeness (QED) is 0.870. The zero-order valence-corrected chi connectivity index (χ0v) is 12.6. The average Bonchev–Trinajstić information content (AvgIpc) is 2.47. The smallest absolute Gasteiger partial charge is 0.120 e. The van der Waals surface area contributed by atoms with Gasteiger partial charge in [0.05, 0.1) is 25.4 Å². The molecule has 2 atom stereocenters. The maximum Gasteiger partial charge on any atom is 0.120 e. The lowest BCUT2D eigenvalue weighted by molar-refractivity contribution is -0.0481. The van der Waals surface area contributed by atoms with E-state index in [0.717, 1.165) is 24.3 Å². The highest BCUT2D eigenvalue weighted by Crippen LogP contribution is 2.32. The number of anilines is 1. The van der Waals surface area contributed by atoms with E-state index in [1.807, 2.05) is 24.3 Å². The highest BCUT2D eigenvalue weighted by Gasteiger charge is 2.37. The van der Waals surface area contributed by atoms with E-state index in [1.165, 1.54) is 0 Å². The second kappa shape index (κ2) is 6.46. The summed E-state index contributed by atoms with van der Waals surface area (Å²) in [5, 5.41) is 13.4. The molecule has 1 heterocycles. The van der Waals surface area contributed by atoms with Crippen LogP contribution in [0.4, 0.5) is 5.69 Å². The molecule has 20 heavy (non-hydrogen) atoms. The third-order valence-corrected chi connectivity index (χ3v) is 4.03. The molecule has 2 unspecified atom stereocenters. The van der Waals surface area contributed by atoms with Gasteiger partial charge in [-0.15, -0.1) is 0 Å². The molecule has 2 rings (SSSR count). The first kappa shape index (κ1) is 15.1. The van der Waals surface area contributed by atoms with Crippen LogP contribution in [0.1, 0.15) is 26.7 Å². The molecular formula is C16H25NO3. The summed E-state index contributed by atoms with van der Waals surface area (Å²) in [5.41, 5.74) is 0.669. The third kappa shape index (κ3) is 3.44. The first-order valence-corrected chi connectivity index (χ1v) is 7.23. The Kier molecular flexibility index (Phi) is 4.89. The van der Waals surface area contributed by atoms with Gasteiger partial charge in [-0.3, -0.25) is 0 Å². The number of ether oxygens (including phenoxy) is 2. The molecule has 4 nitrogen and oxygen atoms in total. The normalized spacial score (nSPS) is 26.6. The van der Waals surface area contributed by atoms with Gasteiger partial charge >= 0.3 is 0 Å². The molecule has 0 amide bonds. The summed E-state index contributed by atoms with van der Waals surface area (Å²) in [6.45, 7) is 5.10. The van der Waals surface area contributed by atoms with Crippen LogP contribution in [0.3, 0.4) is 0 Å². The summed E-state index contributed by atoms with van der Waals surface area (Å²) in [7, 11) is 1.66. The Balaban J connectivity index is 2.14. The topological polar surface area (TPSA) is 50.7 Å². The molecule has 1 aromatic rings. The van der Waals surface area contributed by atoms with Crippen molar-refractivity contribution < 1.29 is 14.6 Å². The third-order valence-electron chi connectivity index (χ3n) is 4.03. The Morgan fingerprint density at radius 1 is 1.50 bits per heavy atom. The predicted molar refractivity (Wildman–Crippen MR) is 80.2 cm³/mol. The zero-order valence-electron chi connectivity index (χ0n) is 12.6. The molecule has 1 aliphatic heterocycles. The monoisotopic (exact) mass is 279 g/mol. The maximum atomic E-state index is 9.88. The summed E-state index contributed by atoms with van der Waals surface area (Å²) >= 11 is 0. The van der Waals surface area contributed by atoms with Gasteiger partial charge in [0.15, 0.2) is 0 Å². The van der Waals surface area contributed by atoms with Gasteiger partial charge in [0, 0.05) is 18.4 Å². The number of methoxy groups -OCH3 is 1. The minimum Gasteiger partial charge on any atom is -0.497 e. The number of nitrogens with one attached hydrogen (secondary N) is 1. The Labute approximate surface area is 121 Å². The molecule has 0 radical (unpaired) electrons. The first-order valence-electron chi connectivity index (χ1n) is 7.23. The van der Waals surface area contributed by atoms with Gasteiger partial charge in [-0.05, 0) is 30.9 Å². The van der Waals surface area contributed by atoms with E-state index >= 15 is 0 Å². The van der Waals surface area contributed by atoms with Crippen LogP contribution in [-0.2, 0) is 4.74 Å². The van der Waals surface area contributed by atoms with Crippen LogP contribution < -0.4 is 10.1 Å². The summed E-state index contributed by atoms with van der Waals surface area (Å²) in [4.78, 5) is 0. The molecular weight excluding hydrogens is 254 g/mol. The summed E-state index contributed by atoms with van der Waals surface area (Å²) in [6.07, 6.45) is 1.82. The molecule has 0 aromatic heterocycles. The van der Waals surface area contributed by atoms with Crippen molar-refractivity contribution in [2.24, 2.45) is 5.92 Å². The van der Waals surface area contributed by atoms with Gasteiger partial charge in [-0.2, -0.15) is 0 Å². The SMILES string of the molecule is COc1cccc(NC2(CO)CCOC(C(C)C)C2)c1. The fourth-order valence-corrected chi connectivity index (χ4v) is 2.68. The molecule has 1 fully saturated rings. The minimum atomic E-state index is -0.306. The van der Waals surface area contributed by atoms with Gasteiger partial charge in [0.1, 0.15) is 5.75 Å². The molecule has 1 aromatic carbocycles. The zero-order chi connectivity index (χ0) is 14.6. The van der Waals surface area contributed by atoms with Gasteiger partial charge < -0.3 is 19.9 Å². The average molecular weight is 279 g/mol. The Bertz CT molecular complexity index is 435. The lowest BCUT2D eigenvalue weighted by atomic mass is 9.83. The highest BCUT2D eigenvalue weighted by atomic mass is 16.5. The van der Waals surface area contributed by atoms with Crippen molar-refractivity contribution in [3.63, 3.8) is 0 Å². The summed E-state index contributed by atoms with van der Waals surface area (Å²) in [6, 6.07) is 7.82. The number of aliphatic hydroxyl groups is 1. The number of aliphatic hydroxyl groups excluding tert-OH is 1. The summed E-state index contributed by atoms with van der Waals surface area (Å²) < 4.78 is 11.0. The van der Waals surface area contributed by atoms with Crippen LogP contribution in [0.25, 0.3) is 0 Å². The highest BCUT2D eigenvalue weighted by molar-refractivity contribution is 5.50. The number of benzene rings is 1. The van der Waals surface area contributed by atoms with Crippen molar-refractivity contribution in [3.8, 4) is 5.75 Å². The first-order chi connectivity index (χ1) is 9.58. The van der Waals surface area contributed by atoms with Crippen LogP contribution in [0, 0.1) is 5.92 Å². The fourth-order valence-electron chi connectivity index (χ4n) is 2.68. The Morgan fingerprint density at radius 2 is 2.30 bits per heavy atom. The van der Waals surface area contributed by atoms with Gasteiger partial charge in [-0.1, -0.05) is 19.9 Å². The van der Waals surface area contributed by atoms with Crippen molar-refractivity contribution >= 4 is 5.69 Å². The van der Waals surface area contributed by atoms with Crippen molar-refractivity contribution in [2.45, 2.75) is 38.3 Å². The van der Waals surface area contributed by atoms with E-state index in [0.29, 0.717) is 12.5 Å². The predicted octanol–water partition coefficient (Wildman–Crippen LogP) is 2.67. The van der Waals surface area contributed by atoms with Crippen LogP contribution >= 0.6 is 0 Å². The lowest BCUT2D eigenvalue weighted by Gasteiger charge is -2.42. The fraction of sp³-hybridized carbons (Fsp3) is 0.625. The molecule has 0 bridgehead atoms. The van der Waals surface area contributed by atoms with Crippen molar-refractivity contribution in [3.05, 3.63) is 24.3 Å². The van der Waals surface area contributed by atoms with Crippen LogP contribution in [-0.4, -0.2) is 37.1 Å². The van der Waals surface area contributed by atoms with Crippen LogP contribution in [0.15, 0.2) is 24.3 Å². The maximum absolute atomic E-state index is 9.88. The van der Waals surface area contributed by atoms with Crippen LogP contribution in [0.2, 0.25) is 0 Å². The van der Waals surface area contributed by atoms with E-state index in [1.54, 1.807) is 7.11 Å². The number of hydrogen-bond donors (Lipinski definition) is 2.